The summed E-state index contributed by atoms with van der Waals surface area (Å²) in [7, 11) is 0. The molecule has 1 saturated heterocycles. The van der Waals surface area contributed by atoms with E-state index in [1.165, 1.54) is 18.2 Å². The van der Waals surface area contributed by atoms with E-state index in [2.05, 4.69) is 18.7 Å². The molecule has 0 aliphatic carbocycles. The van der Waals surface area contributed by atoms with Gasteiger partial charge in [-0.2, -0.15) is 0 Å². The Morgan fingerprint density at radius 3 is 2.20 bits per heavy atom. The van der Waals surface area contributed by atoms with Crippen LogP contribution in [0.2, 0.25) is 0 Å². The summed E-state index contributed by atoms with van der Waals surface area (Å²) in [4.78, 5) is 16.1. The largest absolute Gasteiger partial charge is 0.340 e. The van der Waals surface area contributed by atoms with Gasteiger partial charge in [0, 0.05) is 37.8 Å². The second-order valence-electron chi connectivity index (χ2n) is 5.39. The van der Waals surface area contributed by atoms with Gasteiger partial charge in [-0.25, -0.2) is 8.78 Å². The van der Waals surface area contributed by atoms with Crippen LogP contribution in [0.3, 0.4) is 0 Å². The summed E-state index contributed by atoms with van der Waals surface area (Å²) in [5.41, 5.74) is -0.135. The molecule has 1 aliphatic rings. The molecule has 0 aromatic heterocycles. The Morgan fingerprint density at radius 2 is 1.70 bits per heavy atom. The Bertz CT molecular complexity index is 463. The number of rotatable bonds is 3. The Balaban J connectivity index is 1.96. The quantitative estimate of drug-likeness (QED) is 0.847. The molecule has 2 rings (SSSR count). The van der Waals surface area contributed by atoms with Gasteiger partial charge in [-0.3, -0.25) is 9.69 Å². The lowest BCUT2D eigenvalue weighted by atomic mass is 10.1. The third-order valence-electron chi connectivity index (χ3n) is 3.79. The SMILES string of the molecule is CC(C)N1CCN(C(=O)Cc2c(F)cccc2F)CC1. The molecule has 0 atom stereocenters. The summed E-state index contributed by atoms with van der Waals surface area (Å²) in [6, 6.07) is 4.13. The van der Waals surface area contributed by atoms with Crippen LogP contribution >= 0.6 is 0 Å². The van der Waals surface area contributed by atoms with Crippen LogP contribution in [0, 0.1) is 11.6 Å². The predicted molar refractivity (Wildman–Crippen MR) is 73.4 cm³/mol. The van der Waals surface area contributed by atoms with E-state index < -0.39 is 11.6 Å². The van der Waals surface area contributed by atoms with Crippen molar-refractivity contribution in [3.05, 3.63) is 35.4 Å². The first kappa shape index (κ1) is 14.9. The number of hydrogen-bond donors (Lipinski definition) is 0. The van der Waals surface area contributed by atoms with Crippen molar-refractivity contribution in [2.24, 2.45) is 0 Å². The number of halogens is 2. The molecule has 20 heavy (non-hydrogen) atoms. The molecule has 0 bridgehead atoms. The highest BCUT2D eigenvalue weighted by atomic mass is 19.1. The van der Waals surface area contributed by atoms with Crippen LogP contribution in [0.25, 0.3) is 0 Å². The zero-order valence-corrected chi connectivity index (χ0v) is 11.9. The van der Waals surface area contributed by atoms with Crippen molar-refractivity contribution in [3.63, 3.8) is 0 Å². The summed E-state index contributed by atoms with van der Waals surface area (Å²) >= 11 is 0. The smallest absolute Gasteiger partial charge is 0.227 e. The minimum Gasteiger partial charge on any atom is -0.340 e. The second kappa shape index (κ2) is 6.31. The highest BCUT2D eigenvalue weighted by Gasteiger charge is 2.23. The molecule has 1 aliphatic heterocycles. The normalized spacial score (nSPS) is 16.8. The number of piperazine rings is 1. The Morgan fingerprint density at radius 1 is 1.15 bits per heavy atom. The average Bonchev–Trinajstić information content (AvgIpc) is 2.43. The molecule has 0 unspecified atom stereocenters. The summed E-state index contributed by atoms with van der Waals surface area (Å²) < 4.78 is 27.1. The number of nitrogens with zero attached hydrogens (tertiary/aromatic N) is 2. The van der Waals surface area contributed by atoms with E-state index in [1.54, 1.807) is 4.90 Å². The van der Waals surface area contributed by atoms with Gasteiger partial charge in [0.15, 0.2) is 0 Å². The molecule has 1 aromatic rings. The van der Waals surface area contributed by atoms with E-state index in [4.69, 9.17) is 0 Å². The van der Waals surface area contributed by atoms with Crippen LogP contribution in [0.1, 0.15) is 19.4 Å². The van der Waals surface area contributed by atoms with Crippen molar-refractivity contribution in [1.82, 2.24) is 9.80 Å². The van der Waals surface area contributed by atoms with E-state index >= 15 is 0 Å². The van der Waals surface area contributed by atoms with E-state index in [1.807, 2.05) is 0 Å². The first-order chi connectivity index (χ1) is 9.49. The first-order valence-electron chi connectivity index (χ1n) is 6.93. The molecule has 1 heterocycles. The Labute approximate surface area is 118 Å². The van der Waals surface area contributed by atoms with Gasteiger partial charge in [-0.1, -0.05) is 6.07 Å². The van der Waals surface area contributed by atoms with Gasteiger partial charge in [0.2, 0.25) is 5.91 Å². The van der Waals surface area contributed by atoms with Crippen molar-refractivity contribution in [2.45, 2.75) is 26.3 Å². The van der Waals surface area contributed by atoms with E-state index in [-0.39, 0.29) is 17.9 Å². The summed E-state index contributed by atoms with van der Waals surface area (Å²) in [5, 5.41) is 0. The van der Waals surface area contributed by atoms with Crippen molar-refractivity contribution >= 4 is 5.91 Å². The predicted octanol–water partition coefficient (Wildman–Crippen LogP) is 2.06. The fourth-order valence-electron chi connectivity index (χ4n) is 2.45. The third kappa shape index (κ3) is 3.33. The van der Waals surface area contributed by atoms with Crippen LogP contribution in [0.5, 0.6) is 0 Å². The van der Waals surface area contributed by atoms with E-state index in [0.717, 1.165) is 13.1 Å². The minimum atomic E-state index is -0.654. The van der Waals surface area contributed by atoms with Gasteiger partial charge in [0.05, 0.1) is 6.42 Å². The molecule has 1 amide bonds. The molecular formula is C15H20F2N2O. The van der Waals surface area contributed by atoms with Crippen molar-refractivity contribution in [3.8, 4) is 0 Å². The molecule has 0 radical (unpaired) electrons. The van der Waals surface area contributed by atoms with Gasteiger partial charge in [-0.15, -0.1) is 0 Å². The highest BCUT2D eigenvalue weighted by molar-refractivity contribution is 5.79. The summed E-state index contributed by atoms with van der Waals surface area (Å²) in [6.07, 6.45) is -0.208. The van der Waals surface area contributed by atoms with E-state index in [0.29, 0.717) is 19.1 Å². The lowest BCUT2D eigenvalue weighted by Gasteiger charge is -2.37. The number of carbonyl (C=O) groups is 1. The van der Waals surface area contributed by atoms with Crippen molar-refractivity contribution in [2.75, 3.05) is 26.2 Å². The fourth-order valence-corrected chi connectivity index (χ4v) is 2.45. The zero-order valence-electron chi connectivity index (χ0n) is 11.9. The molecule has 1 aromatic carbocycles. The minimum absolute atomic E-state index is 0.135. The molecule has 1 fully saturated rings. The van der Waals surface area contributed by atoms with Gasteiger partial charge in [0.25, 0.3) is 0 Å². The average molecular weight is 282 g/mol. The van der Waals surface area contributed by atoms with Gasteiger partial charge in [0.1, 0.15) is 11.6 Å². The second-order valence-corrected chi connectivity index (χ2v) is 5.39. The highest BCUT2D eigenvalue weighted by Crippen LogP contribution is 2.15. The van der Waals surface area contributed by atoms with Crippen LogP contribution < -0.4 is 0 Å². The topological polar surface area (TPSA) is 23.6 Å². The number of amides is 1. The number of carbonyl (C=O) groups excluding carboxylic acids is 1. The third-order valence-corrected chi connectivity index (χ3v) is 3.79. The van der Waals surface area contributed by atoms with E-state index in [9.17, 15) is 13.6 Å². The van der Waals surface area contributed by atoms with Crippen LogP contribution in [0.15, 0.2) is 18.2 Å². The maximum Gasteiger partial charge on any atom is 0.227 e. The lowest BCUT2D eigenvalue weighted by molar-refractivity contribution is -0.132. The zero-order chi connectivity index (χ0) is 14.7. The molecular weight excluding hydrogens is 262 g/mol. The number of benzene rings is 1. The molecule has 0 saturated carbocycles. The van der Waals surface area contributed by atoms with Crippen LogP contribution in [-0.4, -0.2) is 47.9 Å². The maximum atomic E-state index is 13.5. The molecule has 0 N–H and O–H groups in total. The molecule has 3 nitrogen and oxygen atoms in total. The first-order valence-corrected chi connectivity index (χ1v) is 6.93. The Hall–Kier alpha value is -1.49. The molecule has 5 heteroatoms. The molecule has 110 valence electrons. The lowest BCUT2D eigenvalue weighted by Crippen LogP contribution is -2.51. The standard InChI is InChI=1S/C15H20F2N2O/c1-11(2)18-6-8-19(9-7-18)15(20)10-12-13(16)4-3-5-14(12)17/h3-5,11H,6-10H2,1-2H3. The van der Waals surface area contributed by atoms with Gasteiger partial charge >= 0.3 is 0 Å². The fraction of sp³-hybridized carbons (Fsp3) is 0.533. The van der Waals surface area contributed by atoms with Crippen LogP contribution in [-0.2, 0) is 11.2 Å². The van der Waals surface area contributed by atoms with Gasteiger partial charge in [-0.05, 0) is 26.0 Å². The van der Waals surface area contributed by atoms with Crippen molar-refractivity contribution in [1.29, 1.82) is 0 Å². The monoisotopic (exact) mass is 282 g/mol. The summed E-state index contributed by atoms with van der Waals surface area (Å²) in [6.45, 7) is 7.09. The maximum absolute atomic E-state index is 13.5. The molecule has 0 spiro atoms. The Kier molecular flexibility index (Phi) is 4.70. The van der Waals surface area contributed by atoms with Crippen LogP contribution in [0.4, 0.5) is 8.78 Å². The number of hydrogen-bond acceptors (Lipinski definition) is 2. The summed E-state index contributed by atoms with van der Waals surface area (Å²) in [5.74, 6) is -1.52. The van der Waals surface area contributed by atoms with Gasteiger partial charge < -0.3 is 4.90 Å². The van der Waals surface area contributed by atoms with Crippen molar-refractivity contribution < 1.29 is 13.6 Å².